The Morgan fingerprint density at radius 2 is 2.00 bits per heavy atom. The maximum absolute atomic E-state index is 4.64. The maximum atomic E-state index is 4.64. The van der Waals surface area contributed by atoms with Crippen molar-refractivity contribution in [1.82, 2.24) is 10.3 Å². The molecule has 1 N–H and O–H groups in total. The summed E-state index contributed by atoms with van der Waals surface area (Å²) in [6.45, 7) is 0.796. The first-order valence-corrected chi connectivity index (χ1v) is 8.26. The molecule has 4 heteroatoms. The molecule has 1 aromatic carbocycles. The van der Waals surface area contributed by atoms with Crippen molar-refractivity contribution in [1.29, 1.82) is 0 Å². The van der Waals surface area contributed by atoms with E-state index in [9.17, 15) is 0 Å². The van der Waals surface area contributed by atoms with Crippen LogP contribution in [-0.4, -0.2) is 28.5 Å². The lowest BCUT2D eigenvalue weighted by Crippen LogP contribution is -2.29. The topological polar surface area (TPSA) is 37.3 Å². The van der Waals surface area contributed by atoms with Crippen molar-refractivity contribution >= 4 is 16.9 Å². The Morgan fingerprint density at radius 1 is 1.14 bits per heavy atom. The molecule has 0 amide bonds. The molecule has 3 rings (SSSR count). The van der Waals surface area contributed by atoms with Gasteiger partial charge in [0.05, 0.1) is 0 Å². The average Bonchev–Trinajstić information content (AvgIpc) is 2.97. The number of nitrogens with zero attached hydrogens (tertiary/aromatic N) is 2. The second-order valence-electron chi connectivity index (χ2n) is 5.10. The van der Waals surface area contributed by atoms with Crippen molar-refractivity contribution in [2.24, 2.45) is 4.99 Å². The Hall–Kier alpha value is -1.81. The smallest absolute Gasteiger partial charge is 0.156 e. The van der Waals surface area contributed by atoms with Crippen LogP contribution in [-0.2, 0) is 12.8 Å². The van der Waals surface area contributed by atoms with Crippen molar-refractivity contribution in [2.45, 2.75) is 18.9 Å². The quantitative estimate of drug-likeness (QED) is 0.922. The first-order valence-electron chi connectivity index (χ1n) is 7.28. The highest BCUT2D eigenvalue weighted by molar-refractivity contribution is 8.14. The van der Waals surface area contributed by atoms with E-state index < -0.39 is 0 Å². The van der Waals surface area contributed by atoms with Crippen LogP contribution in [0, 0.1) is 0 Å². The second kappa shape index (κ2) is 7.27. The fraction of sp³-hybridized carbons (Fsp3) is 0.294. The van der Waals surface area contributed by atoms with Gasteiger partial charge in [0, 0.05) is 36.7 Å². The molecular weight excluding hydrogens is 278 g/mol. The van der Waals surface area contributed by atoms with Gasteiger partial charge in [-0.15, -0.1) is 0 Å². The van der Waals surface area contributed by atoms with Gasteiger partial charge in [-0.25, -0.2) is 0 Å². The van der Waals surface area contributed by atoms with E-state index in [-0.39, 0.29) is 0 Å². The Bertz CT molecular complexity index is 583. The summed E-state index contributed by atoms with van der Waals surface area (Å²) < 4.78 is 0. The lowest BCUT2D eigenvalue weighted by molar-refractivity contribution is 0.686. The molecule has 1 atom stereocenters. The van der Waals surface area contributed by atoms with Crippen LogP contribution in [0.2, 0.25) is 0 Å². The summed E-state index contributed by atoms with van der Waals surface area (Å²) in [6, 6.07) is 17.1. The Kier molecular flexibility index (Phi) is 4.90. The molecule has 21 heavy (non-hydrogen) atoms. The van der Waals surface area contributed by atoms with Gasteiger partial charge in [0.2, 0.25) is 0 Å². The third-order valence-corrected chi connectivity index (χ3v) is 4.51. The lowest BCUT2D eigenvalue weighted by atomic mass is 10.1. The number of amidine groups is 1. The number of aliphatic imine (C=N–C) groups is 1. The van der Waals surface area contributed by atoms with E-state index in [1.165, 1.54) is 5.56 Å². The third kappa shape index (κ3) is 4.33. The summed E-state index contributed by atoms with van der Waals surface area (Å²) >= 11 is 1.82. The number of pyridine rings is 1. The van der Waals surface area contributed by atoms with Crippen molar-refractivity contribution < 1.29 is 0 Å². The molecule has 0 radical (unpaired) electrons. The Balaban J connectivity index is 1.47. The first-order chi connectivity index (χ1) is 10.4. The molecule has 1 aliphatic rings. The van der Waals surface area contributed by atoms with Crippen LogP contribution in [0.4, 0.5) is 0 Å². The van der Waals surface area contributed by atoms with Crippen molar-refractivity contribution in [2.75, 3.05) is 12.3 Å². The summed E-state index contributed by atoms with van der Waals surface area (Å²) in [6.07, 6.45) is 3.80. The van der Waals surface area contributed by atoms with Crippen LogP contribution in [0.1, 0.15) is 11.3 Å². The van der Waals surface area contributed by atoms with Crippen molar-refractivity contribution in [3.05, 3.63) is 66.0 Å². The van der Waals surface area contributed by atoms with E-state index >= 15 is 0 Å². The van der Waals surface area contributed by atoms with E-state index in [1.54, 1.807) is 0 Å². The van der Waals surface area contributed by atoms with Crippen LogP contribution in [0.3, 0.4) is 0 Å². The van der Waals surface area contributed by atoms with Crippen LogP contribution in [0.15, 0.2) is 59.7 Å². The van der Waals surface area contributed by atoms with Crippen LogP contribution >= 0.6 is 11.8 Å². The fourth-order valence-electron chi connectivity index (χ4n) is 2.36. The average molecular weight is 297 g/mol. The molecule has 1 aliphatic heterocycles. The summed E-state index contributed by atoms with van der Waals surface area (Å²) in [5.41, 5.74) is 2.48. The van der Waals surface area contributed by atoms with Gasteiger partial charge in [0.15, 0.2) is 5.17 Å². The zero-order valence-electron chi connectivity index (χ0n) is 11.9. The predicted molar refractivity (Wildman–Crippen MR) is 89.8 cm³/mol. The highest BCUT2D eigenvalue weighted by Gasteiger charge is 2.19. The zero-order valence-corrected chi connectivity index (χ0v) is 12.7. The minimum absolute atomic E-state index is 0.492. The number of aromatic nitrogens is 1. The number of benzene rings is 1. The molecule has 0 bridgehead atoms. The predicted octanol–water partition coefficient (Wildman–Crippen LogP) is 2.93. The first kappa shape index (κ1) is 14.1. The summed E-state index contributed by atoms with van der Waals surface area (Å²) in [7, 11) is 0. The third-order valence-electron chi connectivity index (χ3n) is 3.42. The SMILES string of the molecule is c1ccc(CC2CSC(=NCCc3ccccn3)N2)cc1. The molecule has 0 aliphatic carbocycles. The van der Waals surface area contributed by atoms with E-state index in [1.807, 2.05) is 36.2 Å². The summed E-state index contributed by atoms with van der Waals surface area (Å²) in [5, 5.41) is 4.59. The molecule has 1 fully saturated rings. The Morgan fingerprint density at radius 3 is 2.81 bits per heavy atom. The van der Waals surface area contributed by atoms with Crippen LogP contribution in [0.25, 0.3) is 0 Å². The summed E-state index contributed by atoms with van der Waals surface area (Å²) in [4.78, 5) is 8.96. The van der Waals surface area contributed by atoms with Gasteiger partial charge in [0.1, 0.15) is 0 Å². The van der Waals surface area contributed by atoms with Gasteiger partial charge in [0.25, 0.3) is 0 Å². The minimum atomic E-state index is 0.492. The van der Waals surface area contributed by atoms with Gasteiger partial charge in [-0.1, -0.05) is 48.2 Å². The molecule has 108 valence electrons. The van der Waals surface area contributed by atoms with E-state index in [0.717, 1.165) is 36.0 Å². The zero-order chi connectivity index (χ0) is 14.3. The highest BCUT2D eigenvalue weighted by Crippen LogP contribution is 2.17. The van der Waals surface area contributed by atoms with Gasteiger partial charge in [-0.05, 0) is 24.1 Å². The fourth-order valence-corrected chi connectivity index (χ4v) is 3.35. The number of nitrogens with one attached hydrogen (secondary N) is 1. The monoisotopic (exact) mass is 297 g/mol. The van der Waals surface area contributed by atoms with Crippen molar-refractivity contribution in [3.63, 3.8) is 0 Å². The molecule has 2 aromatic rings. The maximum Gasteiger partial charge on any atom is 0.156 e. The normalized spacial score (nSPS) is 19.6. The standard InChI is InChI=1S/C17H19N3S/c1-2-6-14(7-3-1)12-16-13-21-17(20-16)19-11-9-15-8-4-5-10-18-15/h1-8,10,16H,9,11-13H2,(H,19,20). The lowest BCUT2D eigenvalue weighted by Gasteiger charge is -2.09. The van der Waals surface area contributed by atoms with Crippen molar-refractivity contribution in [3.8, 4) is 0 Å². The molecule has 0 spiro atoms. The van der Waals surface area contributed by atoms with E-state index in [2.05, 4.69) is 45.6 Å². The number of hydrogen-bond donors (Lipinski definition) is 1. The number of hydrogen-bond acceptors (Lipinski definition) is 3. The van der Waals surface area contributed by atoms with Gasteiger partial charge < -0.3 is 5.32 Å². The minimum Gasteiger partial charge on any atom is -0.361 e. The largest absolute Gasteiger partial charge is 0.361 e. The molecule has 1 saturated heterocycles. The van der Waals surface area contributed by atoms with Gasteiger partial charge in [-0.2, -0.15) is 0 Å². The number of rotatable bonds is 5. The number of thioether (sulfide) groups is 1. The molecule has 2 heterocycles. The van der Waals surface area contributed by atoms with E-state index in [4.69, 9.17) is 0 Å². The highest BCUT2D eigenvalue weighted by atomic mass is 32.2. The van der Waals surface area contributed by atoms with E-state index in [0.29, 0.717) is 6.04 Å². The molecular formula is C17H19N3S. The Labute approximate surface area is 129 Å². The molecule has 3 nitrogen and oxygen atoms in total. The van der Waals surface area contributed by atoms with Crippen LogP contribution in [0.5, 0.6) is 0 Å². The van der Waals surface area contributed by atoms with Gasteiger partial charge >= 0.3 is 0 Å². The summed E-state index contributed by atoms with van der Waals surface area (Å²) in [5.74, 6) is 1.09. The molecule has 1 unspecified atom stereocenters. The van der Waals surface area contributed by atoms with Crippen LogP contribution < -0.4 is 5.32 Å². The van der Waals surface area contributed by atoms with Gasteiger partial charge in [-0.3, -0.25) is 9.98 Å². The molecule has 0 saturated carbocycles. The molecule has 1 aromatic heterocycles. The second-order valence-corrected chi connectivity index (χ2v) is 6.11.